The number of phenols is 2. The molecule has 0 aliphatic carbocycles. The van der Waals surface area contributed by atoms with Crippen LogP contribution in [-0.4, -0.2) is 16.2 Å². The highest BCUT2D eigenvalue weighted by molar-refractivity contribution is 14.1. The Bertz CT molecular complexity index is 512. The Morgan fingerprint density at radius 3 is 1.86 bits per heavy atom. The average molecular weight is 406 g/mol. The SMILES string of the molecule is CCCc1c(O)c(O)c(C(=O)OI)c(CCC)c1CCC. The summed E-state index contributed by atoms with van der Waals surface area (Å²) in [5.41, 5.74) is 2.70. The first-order valence-electron chi connectivity index (χ1n) is 7.44. The van der Waals surface area contributed by atoms with Gasteiger partial charge in [0.15, 0.2) is 34.5 Å². The fourth-order valence-electron chi connectivity index (χ4n) is 2.74. The topological polar surface area (TPSA) is 66.8 Å². The van der Waals surface area contributed by atoms with Gasteiger partial charge in [0.2, 0.25) is 0 Å². The standard InChI is InChI=1S/C16H23IO4/c1-4-7-10-11(8-5-2)13(16(20)21-17)15(19)14(18)12(10)9-6-3/h18-19H,4-9H2,1-3H3. The van der Waals surface area contributed by atoms with Gasteiger partial charge in [-0.05, 0) is 30.4 Å². The molecule has 0 amide bonds. The largest absolute Gasteiger partial charge is 0.504 e. The zero-order chi connectivity index (χ0) is 16.0. The summed E-state index contributed by atoms with van der Waals surface area (Å²) < 4.78 is 4.75. The molecule has 0 saturated carbocycles. The van der Waals surface area contributed by atoms with E-state index in [-0.39, 0.29) is 17.1 Å². The van der Waals surface area contributed by atoms with Crippen LogP contribution in [0.4, 0.5) is 0 Å². The van der Waals surface area contributed by atoms with Crippen molar-refractivity contribution in [1.82, 2.24) is 0 Å². The molecule has 5 heteroatoms. The maximum atomic E-state index is 12.0. The number of benzene rings is 1. The number of phenolic OH excluding ortho intramolecular Hbond substituents is 2. The molecule has 0 atom stereocenters. The van der Waals surface area contributed by atoms with Gasteiger partial charge >= 0.3 is 5.97 Å². The molecule has 0 fully saturated rings. The van der Waals surface area contributed by atoms with E-state index in [9.17, 15) is 15.0 Å². The van der Waals surface area contributed by atoms with E-state index < -0.39 is 5.97 Å². The molecule has 0 bridgehead atoms. The van der Waals surface area contributed by atoms with Crippen LogP contribution in [0.15, 0.2) is 0 Å². The lowest BCUT2D eigenvalue weighted by molar-refractivity contribution is 0.0795. The Kier molecular flexibility index (Phi) is 7.28. The Hall–Kier alpha value is -0.980. The van der Waals surface area contributed by atoms with E-state index in [0.717, 1.165) is 42.4 Å². The molecule has 1 rings (SSSR count). The smallest absolute Gasteiger partial charge is 0.351 e. The third kappa shape index (κ3) is 3.81. The summed E-state index contributed by atoms with van der Waals surface area (Å²) >= 11 is 1.51. The maximum absolute atomic E-state index is 12.0. The predicted molar refractivity (Wildman–Crippen MR) is 91.2 cm³/mol. The van der Waals surface area contributed by atoms with Crippen LogP contribution in [-0.2, 0) is 22.3 Å². The molecule has 0 spiro atoms. The monoisotopic (exact) mass is 406 g/mol. The molecule has 2 N–H and O–H groups in total. The molecule has 1 aromatic carbocycles. The molecule has 0 radical (unpaired) electrons. The van der Waals surface area contributed by atoms with Gasteiger partial charge in [-0.1, -0.05) is 40.0 Å². The van der Waals surface area contributed by atoms with Crippen molar-refractivity contribution in [3.63, 3.8) is 0 Å². The van der Waals surface area contributed by atoms with Crippen molar-refractivity contribution >= 4 is 29.0 Å². The van der Waals surface area contributed by atoms with Gasteiger partial charge in [0.1, 0.15) is 5.56 Å². The molecule has 0 heterocycles. The summed E-state index contributed by atoms with van der Waals surface area (Å²) in [4.78, 5) is 12.0. The molecule has 1 aromatic rings. The van der Waals surface area contributed by atoms with E-state index in [0.29, 0.717) is 12.8 Å². The number of hydrogen-bond acceptors (Lipinski definition) is 4. The lowest BCUT2D eigenvalue weighted by Crippen LogP contribution is -2.11. The number of carbonyl (C=O) groups is 1. The lowest BCUT2D eigenvalue weighted by Gasteiger charge is -2.20. The summed E-state index contributed by atoms with van der Waals surface area (Å²) in [6.45, 7) is 6.11. The minimum atomic E-state index is -0.604. The number of aromatic hydroxyl groups is 2. The minimum Gasteiger partial charge on any atom is -0.504 e. The Morgan fingerprint density at radius 1 is 0.905 bits per heavy atom. The molecule has 0 unspecified atom stereocenters. The summed E-state index contributed by atoms with van der Waals surface area (Å²) in [6.07, 6.45) is 4.78. The van der Waals surface area contributed by atoms with Gasteiger partial charge in [0.05, 0.1) is 0 Å². The van der Waals surface area contributed by atoms with Crippen LogP contribution in [0.2, 0.25) is 0 Å². The van der Waals surface area contributed by atoms with Crippen molar-refractivity contribution < 1.29 is 18.1 Å². The average Bonchev–Trinajstić information content (AvgIpc) is 2.48. The number of rotatable bonds is 7. The van der Waals surface area contributed by atoms with Crippen molar-refractivity contribution in [1.29, 1.82) is 0 Å². The molecule has 0 saturated heterocycles. The van der Waals surface area contributed by atoms with Gasteiger partial charge in [-0.15, -0.1) is 0 Å². The van der Waals surface area contributed by atoms with Gasteiger partial charge in [-0.3, -0.25) is 0 Å². The normalized spacial score (nSPS) is 10.7. The molecule has 118 valence electrons. The molecular formula is C16H23IO4. The van der Waals surface area contributed by atoms with Gasteiger partial charge in [-0.2, -0.15) is 0 Å². The van der Waals surface area contributed by atoms with Crippen molar-refractivity contribution in [2.24, 2.45) is 0 Å². The van der Waals surface area contributed by atoms with E-state index in [1.165, 1.54) is 23.0 Å². The van der Waals surface area contributed by atoms with E-state index >= 15 is 0 Å². The van der Waals surface area contributed by atoms with Crippen molar-refractivity contribution in [2.75, 3.05) is 0 Å². The molecule has 21 heavy (non-hydrogen) atoms. The quantitative estimate of drug-likeness (QED) is 0.518. The highest BCUT2D eigenvalue weighted by Crippen LogP contribution is 2.41. The van der Waals surface area contributed by atoms with Crippen molar-refractivity contribution in [3.05, 3.63) is 22.3 Å². The van der Waals surface area contributed by atoms with Crippen LogP contribution < -0.4 is 0 Å². The van der Waals surface area contributed by atoms with Gasteiger partial charge in [0.25, 0.3) is 0 Å². The van der Waals surface area contributed by atoms with Gasteiger partial charge in [0, 0.05) is 5.56 Å². The zero-order valence-electron chi connectivity index (χ0n) is 12.8. The lowest BCUT2D eigenvalue weighted by atomic mass is 9.87. The van der Waals surface area contributed by atoms with Crippen LogP contribution >= 0.6 is 23.0 Å². The Morgan fingerprint density at radius 2 is 1.38 bits per heavy atom. The Labute approximate surface area is 140 Å². The van der Waals surface area contributed by atoms with Crippen LogP contribution in [0.1, 0.15) is 67.1 Å². The van der Waals surface area contributed by atoms with E-state index in [1.54, 1.807) is 0 Å². The number of hydrogen-bond donors (Lipinski definition) is 2. The predicted octanol–water partition coefficient (Wildman–Crippen LogP) is 4.46. The van der Waals surface area contributed by atoms with Crippen LogP contribution in [0.3, 0.4) is 0 Å². The first-order valence-corrected chi connectivity index (χ1v) is 8.32. The zero-order valence-corrected chi connectivity index (χ0v) is 15.0. The fraction of sp³-hybridized carbons (Fsp3) is 0.562. The summed E-state index contributed by atoms with van der Waals surface area (Å²) in [6, 6.07) is 0. The van der Waals surface area contributed by atoms with E-state index in [4.69, 9.17) is 3.07 Å². The third-order valence-electron chi connectivity index (χ3n) is 3.55. The fourth-order valence-corrected chi connectivity index (χ4v) is 2.96. The number of halogens is 1. The summed E-state index contributed by atoms with van der Waals surface area (Å²) in [5.74, 6) is -1.12. The van der Waals surface area contributed by atoms with Crippen molar-refractivity contribution in [2.45, 2.75) is 59.3 Å². The van der Waals surface area contributed by atoms with Crippen LogP contribution in [0.5, 0.6) is 11.5 Å². The van der Waals surface area contributed by atoms with Crippen molar-refractivity contribution in [3.8, 4) is 11.5 Å². The first-order chi connectivity index (χ1) is 10.0. The second-order valence-corrected chi connectivity index (χ2v) is 5.56. The first kappa shape index (κ1) is 18.1. The van der Waals surface area contributed by atoms with Gasteiger partial charge in [-0.25, -0.2) is 4.79 Å². The molecule has 4 nitrogen and oxygen atoms in total. The van der Waals surface area contributed by atoms with Crippen LogP contribution in [0.25, 0.3) is 0 Å². The van der Waals surface area contributed by atoms with E-state index in [2.05, 4.69) is 6.92 Å². The highest BCUT2D eigenvalue weighted by Gasteiger charge is 2.27. The highest BCUT2D eigenvalue weighted by atomic mass is 127. The second kappa shape index (κ2) is 8.46. The summed E-state index contributed by atoms with van der Waals surface area (Å²) in [5, 5.41) is 20.5. The minimum absolute atomic E-state index is 0.118. The number of carbonyl (C=O) groups excluding carboxylic acids is 1. The molecular weight excluding hydrogens is 383 g/mol. The second-order valence-electron chi connectivity index (χ2n) is 5.12. The summed E-state index contributed by atoms with van der Waals surface area (Å²) in [7, 11) is 0. The third-order valence-corrected chi connectivity index (χ3v) is 3.95. The van der Waals surface area contributed by atoms with E-state index in [1.807, 2.05) is 13.8 Å². The van der Waals surface area contributed by atoms with Crippen LogP contribution in [0, 0.1) is 0 Å². The molecule has 0 aliphatic heterocycles. The van der Waals surface area contributed by atoms with Gasteiger partial charge < -0.3 is 13.3 Å². The Balaban J connectivity index is 3.68. The molecule has 0 aromatic heterocycles. The maximum Gasteiger partial charge on any atom is 0.351 e. The molecule has 0 aliphatic rings.